The van der Waals surface area contributed by atoms with E-state index < -0.39 is 5.97 Å². The van der Waals surface area contributed by atoms with Crippen LogP contribution in [-0.2, 0) is 9.78 Å². The molecule has 1 aromatic rings. The molecular weight excluding hydrogens is 252 g/mol. The van der Waals surface area contributed by atoms with Crippen LogP contribution in [0.3, 0.4) is 0 Å². The highest BCUT2D eigenvalue weighted by atomic mass is 17.2. The van der Waals surface area contributed by atoms with Crippen molar-refractivity contribution in [2.24, 2.45) is 5.41 Å². The lowest BCUT2D eigenvalue weighted by atomic mass is 9.90. The van der Waals surface area contributed by atoms with Crippen LogP contribution in [-0.4, -0.2) is 5.97 Å². The van der Waals surface area contributed by atoms with Gasteiger partial charge in [-0.1, -0.05) is 20.8 Å². The lowest BCUT2D eigenvalue weighted by Gasteiger charge is -2.18. The maximum Gasteiger partial charge on any atom is 0.373 e. The second kappa shape index (κ2) is 5.96. The van der Waals surface area contributed by atoms with Gasteiger partial charge in [0.05, 0.1) is 5.56 Å². The highest BCUT2D eigenvalue weighted by Gasteiger charge is 2.21. The zero-order valence-corrected chi connectivity index (χ0v) is 13.8. The predicted molar refractivity (Wildman–Crippen MR) is 80.4 cm³/mol. The zero-order chi connectivity index (χ0) is 15.7. The quantitative estimate of drug-likeness (QED) is 0.601. The number of rotatable bonds is 3. The van der Waals surface area contributed by atoms with Crippen molar-refractivity contribution in [3.63, 3.8) is 0 Å². The third-order valence-corrected chi connectivity index (χ3v) is 3.73. The first-order valence-electron chi connectivity index (χ1n) is 6.85. The summed E-state index contributed by atoms with van der Waals surface area (Å²) in [7, 11) is 0. The maximum absolute atomic E-state index is 12.2. The molecule has 111 valence electrons. The van der Waals surface area contributed by atoms with Gasteiger partial charge in [0.1, 0.15) is 6.61 Å². The molecule has 20 heavy (non-hydrogen) atoms. The van der Waals surface area contributed by atoms with Crippen LogP contribution in [0.2, 0.25) is 0 Å². The van der Waals surface area contributed by atoms with Crippen molar-refractivity contribution in [3.05, 3.63) is 40.0 Å². The van der Waals surface area contributed by atoms with Crippen molar-refractivity contribution < 1.29 is 14.6 Å². The van der Waals surface area contributed by atoms with E-state index >= 15 is 0 Å². The summed E-state index contributed by atoms with van der Waals surface area (Å²) < 4.78 is 0. The Morgan fingerprint density at radius 2 is 1.25 bits per heavy atom. The minimum absolute atomic E-state index is 0.163. The molecule has 0 heterocycles. The summed E-state index contributed by atoms with van der Waals surface area (Å²) in [5, 5.41) is 0. The summed E-state index contributed by atoms with van der Waals surface area (Å²) in [5.74, 6) is -0.438. The Kier molecular flexibility index (Phi) is 4.98. The van der Waals surface area contributed by atoms with Gasteiger partial charge in [-0.2, -0.15) is 4.89 Å². The van der Waals surface area contributed by atoms with Crippen LogP contribution in [0.15, 0.2) is 0 Å². The standard InChI is InChI=1S/C17H25O3/c1-10-11(2)13(4)15(14(5)12(10)3)16(18)20-19-9-17(6,7)8/h9H,1-8H3. The number of benzene rings is 1. The van der Waals surface area contributed by atoms with E-state index in [1.165, 1.54) is 12.2 Å². The molecule has 0 N–H and O–H groups in total. The molecule has 0 bridgehead atoms. The highest BCUT2D eigenvalue weighted by Crippen LogP contribution is 2.27. The lowest BCUT2D eigenvalue weighted by molar-refractivity contribution is -0.224. The van der Waals surface area contributed by atoms with Crippen LogP contribution < -0.4 is 0 Å². The summed E-state index contributed by atoms with van der Waals surface area (Å²) >= 11 is 0. The first kappa shape index (κ1) is 16.7. The molecular formula is C17H25O3. The Labute approximate surface area is 122 Å². The molecule has 0 fully saturated rings. The number of carbonyl (C=O) groups excluding carboxylic acids is 1. The first-order valence-corrected chi connectivity index (χ1v) is 6.85. The fourth-order valence-electron chi connectivity index (χ4n) is 2.06. The van der Waals surface area contributed by atoms with Gasteiger partial charge >= 0.3 is 5.97 Å². The summed E-state index contributed by atoms with van der Waals surface area (Å²) in [6.07, 6.45) is 0. The fourth-order valence-corrected chi connectivity index (χ4v) is 2.06. The molecule has 3 heteroatoms. The van der Waals surface area contributed by atoms with Crippen molar-refractivity contribution in [2.75, 3.05) is 0 Å². The maximum atomic E-state index is 12.2. The summed E-state index contributed by atoms with van der Waals surface area (Å²) in [6.45, 7) is 17.4. The van der Waals surface area contributed by atoms with Crippen molar-refractivity contribution in [2.45, 2.75) is 55.4 Å². The average molecular weight is 277 g/mol. The molecule has 1 rings (SSSR count). The summed E-state index contributed by atoms with van der Waals surface area (Å²) in [6, 6.07) is 0. The third kappa shape index (κ3) is 3.60. The van der Waals surface area contributed by atoms with Crippen molar-refractivity contribution in [1.82, 2.24) is 0 Å². The average Bonchev–Trinajstić information content (AvgIpc) is 2.32. The summed E-state index contributed by atoms with van der Waals surface area (Å²) in [5.41, 5.74) is 5.82. The van der Waals surface area contributed by atoms with Crippen LogP contribution >= 0.6 is 0 Å². The Hall–Kier alpha value is -1.35. The van der Waals surface area contributed by atoms with E-state index in [4.69, 9.17) is 9.78 Å². The molecule has 3 nitrogen and oxygen atoms in total. The highest BCUT2D eigenvalue weighted by molar-refractivity contribution is 5.93. The Balaban J connectivity index is 3.00. The third-order valence-electron chi connectivity index (χ3n) is 3.73. The van der Waals surface area contributed by atoms with Gasteiger partial charge in [0.2, 0.25) is 0 Å². The van der Waals surface area contributed by atoms with E-state index in [-0.39, 0.29) is 5.41 Å². The van der Waals surface area contributed by atoms with Crippen molar-refractivity contribution in [3.8, 4) is 0 Å². The van der Waals surface area contributed by atoms with E-state index in [1.54, 1.807) is 0 Å². The Morgan fingerprint density at radius 3 is 1.65 bits per heavy atom. The first-order chi connectivity index (χ1) is 9.06. The minimum Gasteiger partial charge on any atom is -0.292 e. The molecule has 0 aliphatic rings. The zero-order valence-electron chi connectivity index (χ0n) is 13.8. The van der Waals surface area contributed by atoms with Crippen molar-refractivity contribution in [1.29, 1.82) is 0 Å². The fraction of sp³-hybridized carbons (Fsp3) is 0.529. The van der Waals surface area contributed by atoms with Crippen LogP contribution in [0.4, 0.5) is 0 Å². The molecule has 0 aliphatic carbocycles. The Morgan fingerprint density at radius 1 is 0.850 bits per heavy atom. The van der Waals surface area contributed by atoms with Crippen molar-refractivity contribution >= 4 is 5.97 Å². The number of carbonyl (C=O) groups is 1. The van der Waals surface area contributed by atoms with Gasteiger partial charge in [-0.15, -0.1) is 0 Å². The largest absolute Gasteiger partial charge is 0.373 e. The smallest absolute Gasteiger partial charge is 0.292 e. The molecule has 0 amide bonds. The van der Waals surface area contributed by atoms with E-state index in [0.29, 0.717) is 5.56 Å². The second-order valence-corrected chi connectivity index (χ2v) is 6.45. The Bertz CT molecular complexity index is 493. The second-order valence-electron chi connectivity index (χ2n) is 6.45. The number of hydrogen-bond acceptors (Lipinski definition) is 3. The van der Waals surface area contributed by atoms with Gasteiger partial charge < -0.3 is 0 Å². The van der Waals surface area contributed by atoms with Gasteiger partial charge in [0, 0.05) is 0 Å². The molecule has 0 aliphatic heterocycles. The molecule has 0 atom stereocenters. The van der Waals surface area contributed by atoms with Crippen LogP contribution in [0.1, 0.15) is 58.9 Å². The molecule has 0 spiro atoms. The van der Waals surface area contributed by atoms with Gasteiger partial charge in [0.25, 0.3) is 0 Å². The minimum atomic E-state index is -0.438. The lowest BCUT2D eigenvalue weighted by Crippen LogP contribution is -2.15. The van der Waals surface area contributed by atoms with Gasteiger partial charge in [-0.05, 0) is 67.9 Å². The van der Waals surface area contributed by atoms with Gasteiger partial charge in [-0.3, -0.25) is 4.89 Å². The molecule has 0 unspecified atom stereocenters. The monoisotopic (exact) mass is 277 g/mol. The van der Waals surface area contributed by atoms with Gasteiger partial charge in [0.15, 0.2) is 0 Å². The predicted octanol–water partition coefficient (Wildman–Crippen LogP) is 4.52. The molecule has 0 aromatic heterocycles. The molecule has 0 saturated heterocycles. The van der Waals surface area contributed by atoms with Crippen LogP contribution in [0, 0.1) is 46.6 Å². The molecule has 1 aromatic carbocycles. The molecule has 1 radical (unpaired) electrons. The van der Waals surface area contributed by atoms with Crippen LogP contribution in [0.25, 0.3) is 0 Å². The van der Waals surface area contributed by atoms with E-state index in [9.17, 15) is 4.79 Å². The van der Waals surface area contributed by atoms with E-state index in [0.717, 1.165) is 22.3 Å². The van der Waals surface area contributed by atoms with Crippen LogP contribution in [0.5, 0.6) is 0 Å². The normalized spacial score (nSPS) is 11.6. The topological polar surface area (TPSA) is 35.5 Å². The SMILES string of the molecule is Cc1c(C)c(C)c(C(=O)OO[CH]C(C)(C)C)c(C)c1C. The summed E-state index contributed by atoms with van der Waals surface area (Å²) in [4.78, 5) is 22.1. The molecule has 0 saturated carbocycles. The van der Waals surface area contributed by atoms with Gasteiger partial charge in [-0.25, -0.2) is 4.79 Å². The van der Waals surface area contributed by atoms with E-state index in [2.05, 4.69) is 6.92 Å². The van der Waals surface area contributed by atoms with E-state index in [1.807, 2.05) is 48.5 Å². The number of hydrogen-bond donors (Lipinski definition) is 0.